The van der Waals surface area contributed by atoms with E-state index in [-0.39, 0.29) is 5.97 Å². The summed E-state index contributed by atoms with van der Waals surface area (Å²) in [5.74, 6) is 1.21. The van der Waals surface area contributed by atoms with Crippen molar-refractivity contribution in [2.75, 3.05) is 13.7 Å². The van der Waals surface area contributed by atoms with Crippen molar-refractivity contribution in [2.24, 2.45) is 0 Å². The van der Waals surface area contributed by atoms with Gasteiger partial charge in [-0.2, -0.15) is 0 Å². The Bertz CT molecular complexity index is 808. The molecule has 5 nitrogen and oxygen atoms in total. The fourth-order valence-electron chi connectivity index (χ4n) is 2.13. The molecule has 0 aliphatic rings. The molecular formula is C16H16N2O3S2. The lowest BCUT2D eigenvalue weighted by molar-refractivity contribution is 0.0514. The third-order valence-electron chi connectivity index (χ3n) is 3.23. The molecule has 0 fully saturated rings. The zero-order valence-corrected chi connectivity index (χ0v) is 14.4. The first-order valence-electron chi connectivity index (χ1n) is 7.11. The number of fused-ring (bicyclic) bond motifs is 1. The van der Waals surface area contributed by atoms with Crippen molar-refractivity contribution in [1.29, 1.82) is 0 Å². The quantitative estimate of drug-likeness (QED) is 0.500. The first-order chi connectivity index (χ1) is 11.2. The Kier molecular flexibility index (Phi) is 4.88. The van der Waals surface area contributed by atoms with Crippen LogP contribution < -0.4 is 4.74 Å². The number of nitrogens with zero attached hydrogens (tertiary/aromatic N) is 2. The normalized spacial score (nSPS) is 10.9. The van der Waals surface area contributed by atoms with Gasteiger partial charge in [0.15, 0.2) is 10.7 Å². The van der Waals surface area contributed by atoms with E-state index in [1.807, 2.05) is 35.8 Å². The Hall–Kier alpha value is -1.99. The minimum Gasteiger partial charge on any atom is -0.497 e. The van der Waals surface area contributed by atoms with E-state index in [4.69, 9.17) is 9.47 Å². The summed E-state index contributed by atoms with van der Waals surface area (Å²) in [4.78, 5) is 17.6. The predicted octanol–water partition coefficient (Wildman–Crippen LogP) is 3.87. The number of thiazole rings is 1. The standard InChI is InChI=1S/C16H16N2O3S2/c1-3-21-15(19)13-14(17-16-18(13)8-9-22-16)23-10-11-4-6-12(20-2)7-5-11/h4-9H,3,10H2,1-2H3. The summed E-state index contributed by atoms with van der Waals surface area (Å²) in [5, 5.41) is 2.61. The van der Waals surface area contributed by atoms with E-state index in [0.717, 1.165) is 22.0 Å². The van der Waals surface area contributed by atoms with Crippen LogP contribution in [0.4, 0.5) is 0 Å². The summed E-state index contributed by atoms with van der Waals surface area (Å²) in [7, 11) is 1.65. The molecule has 3 rings (SSSR count). The second-order valence-corrected chi connectivity index (χ2v) is 6.52. The molecule has 3 aromatic rings. The molecule has 0 unspecified atom stereocenters. The molecule has 7 heteroatoms. The summed E-state index contributed by atoms with van der Waals surface area (Å²) >= 11 is 3.03. The highest BCUT2D eigenvalue weighted by Crippen LogP contribution is 2.29. The lowest BCUT2D eigenvalue weighted by Gasteiger charge is -2.05. The van der Waals surface area contributed by atoms with Gasteiger partial charge in [-0.05, 0) is 24.6 Å². The van der Waals surface area contributed by atoms with Crippen LogP contribution in [-0.2, 0) is 10.5 Å². The number of aromatic nitrogens is 2. The molecule has 120 valence electrons. The number of imidazole rings is 1. The van der Waals surface area contributed by atoms with Crippen LogP contribution in [0.1, 0.15) is 23.0 Å². The molecule has 0 bridgehead atoms. The van der Waals surface area contributed by atoms with Crippen LogP contribution in [0.5, 0.6) is 5.75 Å². The number of hydrogen-bond donors (Lipinski definition) is 0. The zero-order chi connectivity index (χ0) is 16.2. The Balaban J connectivity index is 1.82. The largest absolute Gasteiger partial charge is 0.497 e. The number of methoxy groups -OCH3 is 1. The molecule has 1 aromatic carbocycles. The van der Waals surface area contributed by atoms with Gasteiger partial charge in [-0.1, -0.05) is 23.9 Å². The van der Waals surface area contributed by atoms with E-state index in [1.54, 1.807) is 18.4 Å². The van der Waals surface area contributed by atoms with Gasteiger partial charge in [0.2, 0.25) is 0 Å². The van der Waals surface area contributed by atoms with Crippen LogP contribution in [-0.4, -0.2) is 29.1 Å². The molecule has 0 radical (unpaired) electrons. The van der Waals surface area contributed by atoms with Gasteiger partial charge in [0.1, 0.15) is 10.8 Å². The fraction of sp³-hybridized carbons (Fsp3) is 0.250. The number of carbonyl (C=O) groups excluding carboxylic acids is 1. The molecule has 2 heterocycles. The minimum atomic E-state index is -0.337. The molecule has 0 atom stereocenters. The van der Waals surface area contributed by atoms with Gasteiger partial charge < -0.3 is 9.47 Å². The molecule has 0 saturated carbocycles. The highest BCUT2D eigenvalue weighted by molar-refractivity contribution is 7.98. The van der Waals surface area contributed by atoms with Crippen LogP contribution in [0.2, 0.25) is 0 Å². The molecule has 0 amide bonds. The second-order valence-electron chi connectivity index (χ2n) is 4.68. The van der Waals surface area contributed by atoms with Gasteiger partial charge >= 0.3 is 5.97 Å². The number of benzene rings is 1. The Morgan fingerprint density at radius 2 is 2.13 bits per heavy atom. The molecule has 0 spiro atoms. The summed E-state index contributed by atoms with van der Waals surface area (Å²) in [6, 6.07) is 7.87. The highest BCUT2D eigenvalue weighted by atomic mass is 32.2. The molecule has 0 saturated heterocycles. The fourth-order valence-corrected chi connectivity index (χ4v) is 3.86. The number of ether oxygens (including phenoxy) is 2. The second kappa shape index (κ2) is 7.06. The average molecular weight is 348 g/mol. The Labute approximate surface area is 142 Å². The maximum Gasteiger partial charge on any atom is 0.358 e. The molecular weight excluding hydrogens is 332 g/mol. The van der Waals surface area contributed by atoms with E-state index < -0.39 is 0 Å². The van der Waals surface area contributed by atoms with Crippen molar-refractivity contribution < 1.29 is 14.3 Å². The van der Waals surface area contributed by atoms with Crippen LogP contribution in [0, 0.1) is 0 Å². The van der Waals surface area contributed by atoms with E-state index in [9.17, 15) is 4.79 Å². The minimum absolute atomic E-state index is 0.337. The monoisotopic (exact) mass is 348 g/mol. The number of esters is 1. The van der Waals surface area contributed by atoms with E-state index in [0.29, 0.717) is 17.3 Å². The summed E-state index contributed by atoms with van der Waals surface area (Å²) < 4.78 is 12.1. The zero-order valence-electron chi connectivity index (χ0n) is 12.8. The number of rotatable bonds is 6. The molecule has 0 N–H and O–H groups in total. The molecule has 0 aliphatic carbocycles. The molecule has 23 heavy (non-hydrogen) atoms. The van der Waals surface area contributed by atoms with Crippen LogP contribution in [0.25, 0.3) is 4.96 Å². The van der Waals surface area contributed by atoms with Crippen molar-refractivity contribution in [3.8, 4) is 5.75 Å². The van der Waals surface area contributed by atoms with E-state index >= 15 is 0 Å². The maximum atomic E-state index is 12.2. The van der Waals surface area contributed by atoms with Gasteiger partial charge in [-0.3, -0.25) is 4.40 Å². The van der Waals surface area contributed by atoms with Gasteiger partial charge in [0.25, 0.3) is 0 Å². The van der Waals surface area contributed by atoms with Gasteiger partial charge in [0.05, 0.1) is 13.7 Å². The summed E-state index contributed by atoms with van der Waals surface area (Å²) in [6.45, 7) is 2.15. The first-order valence-corrected chi connectivity index (χ1v) is 8.98. The molecule has 0 aliphatic heterocycles. The Morgan fingerprint density at radius 1 is 1.35 bits per heavy atom. The smallest absolute Gasteiger partial charge is 0.358 e. The van der Waals surface area contributed by atoms with Crippen LogP contribution >= 0.6 is 23.1 Å². The van der Waals surface area contributed by atoms with Crippen LogP contribution in [0.3, 0.4) is 0 Å². The Morgan fingerprint density at radius 3 is 2.83 bits per heavy atom. The van der Waals surface area contributed by atoms with Gasteiger partial charge in [-0.15, -0.1) is 11.3 Å². The average Bonchev–Trinajstić information content (AvgIpc) is 3.14. The SMILES string of the molecule is CCOC(=O)c1c(SCc2ccc(OC)cc2)nc2sccn12. The third-order valence-corrected chi connectivity index (χ3v) is 5.03. The van der Waals surface area contributed by atoms with Crippen molar-refractivity contribution in [1.82, 2.24) is 9.38 Å². The topological polar surface area (TPSA) is 52.8 Å². The van der Waals surface area contributed by atoms with E-state index in [2.05, 4.69) is 4.98 Å². The van der Waals surface area contributed by atoms with Gasteiger partial charge in [-0.25, -0.2) is 9.78 Å². The number of thioether (sulfide) groups is 1. The van der Waals surface area contributed by atoms with Crippen LogP contribution in [0.15, 0.2) is 40.9 Å². The number of carbonyl (C=O) groups is 1. The lowest BCUT2D eigenvalue weighted by Crippen LogP contribution is -2.08. The maximum absolute atomic E-state index is 12.2. The highest BCUT2D eigenvalue weighted by Gasteiger charge is 2.21. The van der Waals surface area contributed by atoms with E-state index in [1.165, 1.54) is 23.1 Å². The number of hydrogen-bond acceptors (Lipinski definition) is 6. The van der Waals surface area contributed by atoms with Crippen molar-refractivity contribution in [2.45, 2.75) is 17.7 Å². The van der Waals surface area contributed by atoms with Gasteiger partial charge in [0, 0.05) is 17.3 Å². The molecule has 2 aromatic heterocycles. The third kappa shape index (κ3) is 3.35. The van der Waals surface area contributed by atoms with Crippen molar-refractivity contribution in [3.63, 3.8) is 0 Å². The lowest BCUT2D eigenvalue weighted by atomic mass is 10.2. The van der Waals surface area contributed by atoms with Crippen molar-refractivity contribution >= 4 is 34.0 Å². The summed E-state index contributed by atoms with van der Waals surface area (Å²) in [6.07, 6.45) is 1.84. The first kappa shape index (κ1) is 15.9. The van der Waals surface area contributed by atoms with Crippen molar-refractivity contribution in [3.05, 3.63) is 47.1 Å². The predicted molar refractivity (Wildman–Crippen MR) is 91.6 cm³/mol. The summed E-state index contributed by atoms with van der Waals surface area (Å²) in [5.41, 5.74) is 1.64.